The number of alkyl halides is 1. The Morgan fingerprint density at radius 2 is 2.35 bits per heavy atom. The van der Waals surface area contributed by atoms with E-state index in [0.29, 0.717) is 23.2 Å². The van der Waals surface area contributed by atoms with Crippen LogP contribution in [0.25, 0.3) is 0 Å². The fraction of sp³-hybridized carbons (Fsp3) is 0.667. The standard InChI is InChI=1S/C12H18BrN3O/c1-3-17-12-6-11(14-8-15-12)16-5-4-10(13)9(2)7-16/h6,8-10H,3-5,7H2,1-2H3. The van der Waals surface area contributed by atoms with Crippen molar-refractivity contribution in [3.63, 3.8) is 0 Å². The van der Waals surface area contributed by atoms with Gasteiger partial charge in [0.2, 0.25) is 5.88 Å². The molecule has 0 radical (unpaired) electrons. The summed E-state index contributed by atoms with van der Waals surface area (Å²) in [6.45, 7) is 6.91. The first kappa shape index (κ1) is 12.6. The number of nitrogens with zero attached hydrogens (tertiary/aromatic N) is 3. The Hall–Kier alpha value is -0.840. The normalized spacial score (nSPS) is 24.8. The molecule has 0 aromatic carbocycles. The number of anilines is 1. The van der Waals surface area contributed by atoms with Crippen LogP contribution in [-0.4, -0.2) is 34.5 Å². The van der Waals surface area contributed by atoms with Gasteiger partial charge in [0.1, 0.15) is 12.1 Å². The maximum Gasteiger partial charge on any atom is 0.218 e. The Balaban J connectivity index is 2.09. The van der Waals surface area contributed by atoms with Gasteiger partial charge < -0.3 is 9.64 Å². The van der Waals surface area contributed by atoms with Gasteiger partial charge in [-0.2, -0.15) is 0 Å². The molecule has 1 aliphatic rings. The van der Waals surface area contributed by atoms with E-state index < -0.39 is 0 Å². The van der Waals surface area contributed by atoms with Crippen LogP contribution in [0.1, 0.15) is 20.3 Å². The molecule has 0 spiro atoms. The fourth-order valence-corrected chi connectivity index (χ4v) is 2.43. The lowest BCUT2D eigenvalue weighted by atomic mass is 10.0. The fourth-order valence-electron chi connectivity index (χ4n) is 2.05. The zero-order valence-electron chi connectivity index (χ0n) is 10.3. The molecule has 0 amide bonds. The molecule has 94 valence electrons. The van der Waals surface area contributed by atoms with Crippen LogP contribution in [0.15, 0.2) is 12.4 Å². The van der Waals surface area contributed by atoms with E-state index in [1.807, 2.05) is 13.0 Å². The summed E-state index contributed by atoms with van der Waals surface area (Å²) in [6, 6.07) is 1.92. The lowest BCUT2D eigenvalue weighted by Gasteiger charge is -2.35. The number of halogens is 1. The highest BCUT2D eigenvalue weighted by Crippen LogP contribution is 2.27. The molecular formula is C12H18BrN3O. The third-order valence-electron chi connectivity index (χ3n) is 3.04. The average Bonchev–Trinajstić information content (AvgIpc) is 2.33. The lowest BCUT2D eigenvalue weighted by molar-refractivity contribution is 0.326. The number of hydrogen-bond acceptors (Lipinski definition) is 4. The Morgan fingerprint density at radius 1 is 1.53 bits per heavy atom. The van der Waals surface area contributed by atoms with Gasteiger partial charge in [0.15, 0.2) is 0 Å². The maximum atomic E-state index is 5.40. The van der Waals surface area contributed by atoms with Crippen LogP contribution in [0.4, 0.5) is 5.82 Å². The molecule has 4 nitrogen and oxygen atoms in total. The van der Waals surface area contributed by atoms with E-state index in [1.165, 1.54) is 0 Å². The molecular weight excluding hydrogens is 282 g/mol. The van der Waals surface area contributed by atoms with Crippen molar-refractivity contribution in [3.05, 3.63) is 12.4 Å². The molecule has 1 fully saturated rings. The SMILES string of the molecule is CCOc1cc(N2CCC(Br)C(C)C2)ncn1. The smallest absolute Gasteiger partial charge is 0.218 e. The molecule has 1 aliphatic heterocycles. The number of hydrogen-bond donors (Lipinski definition) is 0. The Morgan fingerprint density at radius 3 is 3.06 bits per heavy atom. The van der Waals surface area contributed by atoms with Gasteiger partial charge in [0, 0.05) is 24.0 Å². The minimum absolute atomic E-state index is 0.618. The highest BCUT2D eigenvalue weighted by atomic mass is 79.9. The van der Waals surface area contributed by atoms with Crippen molar-refractivity contribution in [2.45, 2.75) is 25.1 Å². The van der Waals surface area contributed by atoms with Gasteiger partial charge >= 0.3 is 0 Å². The van der Waals surface area contributed by atoms with Crippen molar-refractivity contribution in [2.75, 3.05) is 24.6 Å². The van der Waals surface area contributed by atoms with Crippen LogP contribution in [0.3, 0.4) is 0 Å². The Bertz CT molecular complexity index is 375. The molecule has 1 aromatic rings. The third kappa shape index (κ3) is 3.09. The van der Waals surface area contributed by atoms with Crippen molar-refractivity contribution in [1.82, 2.24) is 9.97 Å². The predicted octanol–water partition coefficient (Wildman–Crippen LogP) is 2.49. The first-order valence-corrected chi connectivity index (χ1v) is 6.96. The summed E-state index contributed by atoms with van der Waals surface area (Å²) < 4.78 is 5.40. The van der Waals surface area contributed by atoms with Gasteiger partial charge in [0.05, 0.1) is 6.61 Å². The summed E-state index contributed by atoms with van der Waals surface area (Å²) in [5.41, 5.74) is 0. The molecule has 0 aliphatic carbocycles. The second kappa shape index (κ2) is 5.67. The average molecular weight is 300 g/mol. The summed E-state index contributed by atoms with van der Waals surface area (Å²) >= 11 is 3.71. The van der Waals surface area contributed by atoms with E-state index in [4.69, 9.17) is 4.74 Å². The maximum absolute atomic E-state index is 5.40. The zero-order chi connectivity index (χ0) is 12.3. The topological polar surface area (TPSA) is 38.2 Å². The van der Waals surface area contributed by atoms with E-state index in [-0.39, 0.29) is 0 Å². The van der Waals surface area contributed by atoms with E-state index in [2.05, 4.69) is 37.7 Å². The molecule has 5 heteroatoms. The quantitative estimate of drug-likeness (QED) is 0.804. The number of aromatic nitrogens is 2. The van der Waals surface area contributed by atoms with Crippen LogP contribution in [0.2, 0.25) is 0 Å². The first-order valence-electron chi connectivity index (χ1n) is 6.04. The van der Waals surface area contributed by atoms with Crippen LogP contribution in [0, 0.1) is 5.92 Å². The van der Waals surface area contributed by atoms with E-state index in [0.717, 1.165) is 25.3 Å². The highest BCUT2D eigenvalue weighted by molar-refractivity contribution is 9.09. The number of rotatable bonds is 3. The molecule has 0 bridgehead atoms. The van der Waals surface area contributed by atoms with Crippen molar-refractivity contribution in [2.24, 2.45) is 5.92 Å². The zero-order valence-corrected chi connectivity index (χ0v) is 11.9. The molecule has 0 N–H and O–H groups in total. The Kier molecular flexibility index (Phi) is 4.20. The number of ether oxygens (including phenoxy) is 1. The summed E-state index contributed by atoms with van der Waals surface area (Å²) in [5, 5.41) is 0. The molecule has 1 aromatic heterocycles. The third-order valence-corrected chi connectivity index (χ3v) is 4.40. The van der Waals surface area contributed by atoms with E-state index in [9.17, 15) is 0 Å². The monoisotopic (exact) mass is 299 g/mol. The lowest BCUT2D eigenvalue weighted by Crippen LogP contribution is -2.40. The van der Waals surface area contributed by atoms with Gasteiger partial charge in [-0.3, -0.25) is 0 Å². The molecule has 0 saturated carbocycles. The number of piperidine rings is 1. The van der Waals surface area contributed by atoms with Crippen molar-refractivity contribution < 1.29 is 4.74 Å². The summed E-state index contributed by atoms with van der Waals surface area (Å²) in [4.78, 5) is 11.3. The van der Waals surface area contributed by atoms with Gasteiger partial charge in [-0.15, -0.1) is 0 Å². The molecule has 17 heavy (non-hydrogen) atoms. The molecule has 2 heterocycles. The molecule has 1 saturated heterocycles. The van der Waals surface area contributed by atoms with Crippen molar-refractivity contribution in [3.8, 4) is 5.88 Å². The Labute approximate surface area is 111 Å². The van der Waals surface area contributed by atoms with Gasteiger partial charge in [-0.05, 0) is 19.3 Å². The van der Waals surface area contributed by atoms with Gasteiger partial charge in [-0.25, -0.2) is 9.97 Å². The van der Waals surface area contributed by atoms with Gasteiger partial charge in [-0.1, -0.05) is 22.9 Å². The molecule has 2 unspecified atom stereocenters. The minimum atomic E-state index is 0.618. The second-order valence-electron chi connectivity index (χ2n) is 4.38. The van der Waals surface area contributed by atoms with E-state index in [1.54, 1.807) is 6.33 Å². The van der Waals surface area contributed by atoms with Crippen LogP contribution in [0.5, 0.6) is 5.88 Å². The van der Waals surface area contributed by atoms with E-state index >= 15 is 0 Å². The predicted molar refractivity (Wildman–Crippen MR) is 71.9 cm³/mol. The summed E-state index contributed by atoms with van der Waals surface area (Å²) in [5.74, 6) is 2.26. The summed E-state index contributed by atoms with van der Waals surface area (Å²) in [6.07, 6.45) is 2.72. The van der Waals surface area contributed by atoms with Crippen LogP contribution < -0.4 is 9.64 Å². The second-order valence-corrected chi connectivity index (χ2v) is 5.55. The van der Waals surface area contributed by atoms with Crippen molar-refractivity contribution >= 4 is 21.7 Å². The van der Waals surface area contributed by atoms with Gasteiger partial charge in [0.25, 0.3) is 0 Å². The van der Waals surface area contributed by atoms with Crippen LogP contribution in [-0.2, 0) is 0 Å². The first-order chi connectivity index (χ1) is 8.20. The highest BCUT2D eigenvalue weighted by Gasteiger charge is 2.24. The summed E-state index contributed by atoms with van der Waals surface area (Å²) in [7, 11) is 0. The largest absolute Gasteiger partial charge is 0.478 e. The molecule has 2 atom stereocenters. The molecule has 2 rings (SSSR count). The minimum Gasteiger partial charge on any atom is -0.478 e. The van der Waals surface area contributed by atoms with Crippen molar-refractivity contribution in [1.29, 1.82) is 0 Å². The van der Waals surface area contributed by atoms with Crippen LogP contribution >= 0.6 is 15.9 Å².